The van der Waals surface area contributed by atoms with Crippen LogP contribution in [0.2, 0.25) is 10.0 Å². The molecule has 0 radical (unpaired) electrons. The van der Waals surface area contributed by atoms with E-state index in [1.807, 2.05) is 6.92 Å². The molecule has 0 aliphatic carbocycles. The molecular formula is C18H21Cl2N3O3S. The normalized spacial score (nSPS) is 18.5. The Hall–Kier alpha value is -1.41. The molecule has 2 heterocycles. The Morgan fingerprint density at radius 2 is 1.85 bits per heavy atom. The maximum absolute atomic E-state index is 13.1. The molecule has 1 aliphatic heterocycles. The first-order valence-corrected chi connectivity index (χ1v) is 10.8. The van der Waals surface area contributed by atoms with Gasteiger partial charge in [-0.25, -0.2) is 13.4 Å². The summed E-state index contributed by atoms with van der Waals surface area (Å²) in [6, 6.07) is 4.73. The fraction of sp³-hybridized carbons (Fsp3) is 0.444. The van der Waals surface area contributed by atoms with Gasteiger partial charge in [-0.1, -0.05) is 23.2 Å². The Morgan fingerprint density at radius 3 is 2.56 bits per heavy atom. The molecule has 6 nitrogen and oxygen atoms in total. The van der Waals surface area contributed by atoms with E-state index in [2.05, 4.69) is 9.97 Å². The monoisotopic (exact) mass is 429 g/mol. The number of sulfonamides is 1. The van der Waals surface area contributed by atoms with Crippen molar-refractivity contribution in [2.24, 2.45) is 0 Å². The lowest BCUT2D eigenvalue weighted by Crippen LogP contribution is -2.44. The number of rotatable bonds is 4. The number of hydrogen-bond acceptors (Lipinski definition) is 5. The van der Waals surface area contributed by atoms with Gasteiger partial charge in [0, 0.05) is 23.3 Å². The van der Waals surface area contributed by atoms with Crippen molar-refractivity contribution in [2.75, 3.05) is 13.1 Å². The maximum atomic E-state index is 13.1. The van der Waals surface area contributed by atoms with Gasteiger partial charge in [-0.05, 0) is 51.3 Å². The molecule has 0 bridgehead atoms. The van der Waals surface area contributed by atoms with Gasteiger partial charge in [0.2, 0.25) is 15.9 Å². The van der Waals surface area contributed by atoms with E-state index in [1.165, 1.54) is 16.4 Å². The molecule has 1 unspecified atom stereocenters. The number of piperidine rings is 1. The molecule has 9 heteroatoms. The molecular weight excluding hydrogens is 409 g/mol. The highest BCUT2D eigenvalue weighted by Crippen LogP contribution is 2.31. The minimum Gasteiger partial charge on any atom is -0.473 e. The zero-order chi connectivity index (χ0) is 19.8. The standard InChI is InChI=1S/C18H21Cl2N3O3S/c1-11-7-17(16(20)9-15(11)19)27(24,25)23-6-4-5-14(10-23)26-18-8-12(2)21-13(3)22-18/h7-9,14H,4-6,10H2,1-3H3. The van der Waals surface area contributed by atoms with Gasteiger partial charge in [0.25, 0.3) is 0 Å². The summed E-state index contributed by atoms with van der Waals surface area (Å²) in [5.74, 6) is 1.08. The van der Waals surface area contributed by atoms with Crippen molar-refractivity contribution in [1.82, 2.24) is 14.3 Å². The summed E-state index contributed by atoms with van der Waals surface area (Å²) in [7, 11) is -3.74. The van der Waals surface area contributed by atoms with Crippen LogP contribution in [0.15, 0.2) is 23.1 Å². The van der Waals surface area contributed by atoms with Crippen molar-refractivity contribution in [3.63, 3.8) is 0 Å². The Kier molecular flexibility index (Phi) is 5.96. The third-order valence-electron chi connectivity index (χ3n) is 4.40. The Labute approximate surface area is 169 Å². The Bertz CT molecular complexity index is 946. The minimum atomic E-state index is -3.74. The van der Waals surface area contributed by atoms with Gasteiger partial charge in [0.1, 0.15) is 16.8 Å². The summed E-state index contributed by atoms with van der Waals surface area (Å²) in [4.78, 5) is 8.57. The summed E-state index contributed by atoms with van der Waals surface area (Å²) in [5, 5.41) is 0.559. The molecule has 1 aromatic carbocycles. The molecule has 0 saturated carbocycles. The van der Waals surface area contributed by atoms with Crippen molar-refractivity contribution in [3.05, 3.63) is 45.3 Å². The second kappa shape index (κ2) is 7.91. The van der Waals surface area contributed by atoms with Crippen molar-refractivity contribution in [1.29, 1.82) is 0 Å². The summed E-state index contributed by atoms with van der Waals surface area (Å²) in [5.41, 5.74) is 1.47. The highest BCUT2D eigenvalue weighted by Gasteiger charge is 2.33. The van der Waals surface area contributed by atoms with Gasteiger partial charge in [-0.2, -0.15) is 9.29 Å². The van der Waals surface area contributed by atoms with Gasteiger partial charge in [-0.3, -0.25) is 0 Å². The topological polar surface area (TPSA) is 72.4 Å². The molecule has 2 aromatic rings. The zero-order valence-corrected chi connectivity index (χ0v) is 17.7. The molecule has 3 rings (SSSR count). The fourth-order valence-corrected chi connectivity index (χ4v) is 5.42. The Balaban J connectivity index is 1.82. The van der Waals surface area contributed by atoms with Gasteiger partial charge < -0.3 is 4.74 Å². The van der Waals surface area contributed by atoms with Crippen LogP contribution in [0.1, 0.15) is 29.9 Å². The van der Waals surface area contributed by atoms with E-state index < -0.39 is 10.0 Å². The van der Waals surface area contributed by atoms with Gasteiger partial charge >= 0.3 is 0 Å². The predicted octanol–water partition coefficient (Wildman–Crippen LogP) is 3.94. The highest BCUT2D eigenvalue weighted by atomic mass is 35.5. The van der Waals surface area contributed by atoms with Crippen molar-refractivity contribution < 1.29 is 13.2 Å². The number of ether oxygens (including phenoxy) is 1. The van der Waals surface area contributed by atoms with E-state index in [0.29, 0.717) is 35.3 Å². The van der Waals surface area contributed by atoms with E-state index in [9.17, 15) is 8.42 Å². The second-order valence-corrected chi connectivity index (χ2v) is 9.39. The van der Waals surface area contributed by atoms with E-state index in [-0.39, 0.29) is 22.6 Å². The lowest BCUT2D eigenvalue weighted by Gasteiger charge is -2.32. The smallest absolute Gasteiger partial charge is 0.244 e. The molecule has 0 spiro atoms. The molecule has 1 aliphatic rings. The van der Waals surface area contributed by atoms with E-state index in [0.717, 1.165) is 12.1 Å². The summed E-state index contributed by atoms with van der Waals surface area (Å²) in [6.07, 6.45) is 1.16. The molecule has 1 fully saturated rings. The fourth-order valence-electron chi connectivity index (χ4n) is 3.10. The number of halogens is 2. The van der Waals surface area contributed by atoms with E-state index >= 15 is 0 Å². The van der Waals surface area contributed by atoms with Crippen LogP contribution in [0.3, 0.4) is 0 Å². The molecule has 27 heavy (non-hydrogen) atoms. The third kappa shape index (κ3) is 4.54. The van der Waals surface area contributed by atoms with E-state index in [4.69, 9.17) is 27.9 Å². The number of aromatic nitrogens is 2. The van der Waals surface area contributed by atoms with Gasteiger partial charge in [0.05, 0.1) is 11.6 Å². The molecule has 1 atom stereocenters. The van der Waals surface area contributed by atoms with Gasteiger partial charge in [-0.15, -0.1) is 0 Å². The molecule has 146 valence electrons. The number of nitrogens with zero attached hydrogens (tertiary/aromatic N) is 3. The lowest BCUT2D eigenvalue weighted by atomic mass is 10.1. The first kappa shape index (κ1) is 20.3. The van der Waals surface area contributed by atoms with Crippen LogP contribution in [0, 0.1) is 20.8 Å². The maximum Gasteiger partial charge on any atom is 0.244 e. The number of benzene rings is 1. The number of aryl methyl sites for hydroxylation is 3. The largest absolute Gasteiger partial charge is 0.473 e. The molecule has 0 N–H and O–H groups in total. The molecule has 1 saturated heterocycles. The third-order valence-corrected chi connectivity index (χ3v) is 7.14. The van der Waals surface area contributed by atoms with Crippen LogP contribution in [-0.2, 0) is 10.0 Å². The first-order valence-electron chi connectivity index (χ1n) is 8.61. The zero-order valence-electron chi connectivity index (χ0n) is 15.4. The average Bonchev–Trinajstić information content (AvgIpc) is 2.57. The lowest BCUT2D eigenvalue weighted by molar-refractivity contribution is 0.124. The van der Waals surface area contributed by atoms with E-state index in [1.54, 1.807) is 19.9 Å². The quantitative estimate of drug-likeness (QED) is 0.735. The van der Waals surface area contributed by atoms with Crippen molar-refractivity contribution in [3.8, 4) is 5.88 Å². The van der Waals surface area contributed by atoms with Crippen LogP contribution in [-0.4, -0.2) is 41.9 Å². The summed E-state index contributed by atoms with van der Waals surface area (Å²) >= 11 is 12.2. The summed E-state index contributed by atoms with van der Waals surface area (Å²) < 4.78 is 33.5. The van der Waals surface area contributed by atoms with Crippen LogP contribution < -0.4 is 4.74 Å². The predicted molar refractivity (Wildman–Crippen MR) is 105 cm³/mol. The molecule has 0 amide bonds. The van der Waals surface area contributed by atoms with Crippen LogP contribution >= 0.6 is 23.2 Å². The Morgan fingerprint density at radius 1 is 1.11 bits per heavy atom. The van der Waals surface area contributed by atoms with Crippen molar-refractivity contribution >= 4 is 33.2 Å². The average molecular weight is 430 g/mol. The van der Waals surface area contributed by atoms with Crippen molar-refractivity contribution in [2.45, 2.75) is 44.6 Å². The number of hydrogen-bond donors (Lipinski definition) is 0. The first-order chi connectivity index (χ1) is 12.7. The van der Waals surface area contributed by atoms with Crippen LogP contribution in [0.5, 0.6) is 5.88 Å². The highest BCUT2D eigenvalue weighted by molar-refractivity contribution is 7.89. The minimum absolute atomic E-state index is 0.0699. The second-order valence-electron chi connectivity index (χ2n) is 6.67. The van der Waals surface area contributed by atoms with Crippen LogP contribution in [0.4, 0.5) is 0 Å². The molecule has 1 aromatic heterocycles. The van der Waals surface area contributed by atoms with Crippen LogP contribution in [0.25, 0.3) is 0 Å². The van der Waals surface area contributed by atoms with Gasteiger partial charge in [0.15, 0.2) is 0 Å². The SMILES string of the molecule is Cc1cc(OC2CCCN(S(=O)(=O)c3cc(C)c(Cl)cc3Cl)C2)nc(C)n1. The summed E-state index contributed by atoms with van der Waals surface area (Å²) in [6.45, 7) is 6.07.